The lowest BCUT2D eigenvalue weighted by atomic mass is 10.0. The van der Waals surface area contributed by atoms with Gasteiger partial charge in [0.1, 0.15) is 0 Å². The maximum Gasteiger partial charge on any atom is 0.315 e. The first-order valence-electron chi connectivity index (χ1n) is 12.0. The number of benzene rings is 3. The SMILES string of the molecule is O=C(O)CC(NC(=O)NC(COCc1ccccc1)CSCc1ccccc1)c1ccc2c(c1)OCO2. The second-order valence-corrected chi connectivity index (χ2v) is 9.61. The summed E-state index contributed by atoms with van der Waals surface area (Å²) in [5.41, 5.74) is 2.87. The largest absolute Gasteiger partial charge is 0.481 e. The Morgan fingerprint density at radius 2 is 1.62 bits per heavy atom. The summed E-state index contributed by atoms with van der Waals surface area (Å²) in [5, 5.41) is 15.2. The smallest absolute Gasteiger partial charge is 0.315 e. The third-order valence-electron chi connectivity index (χ3n) is 5.68. The normalized spacial score (nSPS) is 13.5. The van der Waals surface area contributed by atoms with Crippen LogP contribution in [0.4, 0.5) is 4.79 Å². The third kappa shape index (κ3) is 8.44. The molecule has 0 saturated heterocycles. The Balaban J connectivity index is 1.37. The Morgan fingerprint density at radius 3 is 2.35 bits per heavy atom. The Labute approximate surface area is 220 Å². The van der Waals surface area contributed by atoms with E-state index in [1.807, 2.05) is 48.5 Å². The van der Waals surface area contributed by atoms with Gasteiger partial charge in [0.05, 0.1) is 31.7 Å². The van der Waals surface area contributed by atoms with Crippen molar-refractivity contribution in [1.29, 1.82) is 0 Å². The molecule has 3 N–H and O–H groups in total. The van der Waals surface area contributed by atoms with Crippen molar-refractivity contribution < 1.29 is 28.9 Å². The number of fused-ring (bicyclic) bond motifs is 1. The van der Waals surface area contributed by atoms with Gasteiger partial charge in [0, 0.05) is 11.5 Å². The first-order valence-corrected chi connectivity index (χ1v) is 13.1. The first-order chi connectivity index (χ1) is 18.1. The van der Waals surface area contributed by atoms with E-state index in [0.29, 0.717) is 36.0 Å². The second kappa shape index (κ2) is 13.6. The lowest BCUT2D eigenvalue weighted by Gasteiger charge is -2.22. The lowest BCUT2D eigenvalue weighted by molar-refractivity contribution is -0.137. The highest BCUT2D eigenvalue weighted by Gasteiger charge is 2.23. The number of aliphatic carboxylic acids is 1. The number of hydrogen-bond acceptors (Lipinski definition) is 6. The molecule has 37 heavy (non-hydrogen) atoms. The molecule has 3 aromatic rings. The van der Waals surface area contributed by atoms with Crippen LogP contribution in [0.5, 0.6) is 11.5 Å². The fraction of sp³-hybridized carbons (Fsp3) is 0.286. The molecule has 0 spiro atoms. The summed E-state index contributed by atoms with van der Waals surface area (Å²) in [6.07, 6.45) is -0.273. The van der Waals surface area contributed by atoms with Crippen LogP contribution < -0.4 is 20.1 Å². The van der Waals surface area contributed by atoms with Crippen LogP contribution >= 0.6 is 11.8 Å². The van der Waals surface area contributed by atoms with Crippen LogP contribution in [0.25, 0.3) is 0 Å². The molecule has 0 saturated carbocycles. The van der Waals surface area contributed by atoms with Crippen molar-refractivity contribution in [2.45, 2.75) is 30.9 Å². The summed E-state index contributed by atoms with van der Waals surface area (Å²) in [7, 11) is 0. The first kappa shape index (κ1) is 26.4. The maximum absolute atomic E-state index is 13.0. The third-order valence-corrected chi connectivity index (χ3v) is 6.85. The Morgan fingerprint density at radius 1 is 0.919 bits per heavy atom. The van der Waals surface area contributed by atoms with Crippen molar-refractivity contribution in [2.24, 2.45) is 0 Å². The molecule has 3 aromatic carbocycles. The quantitative estimate of drug-likeness (QED) is 0.297. The molecule has 1 heterocycles. The van der Waals surface area contributed by atoms with E-state index in [1.165, 1.54) is 5.56 Å². The van der Waals surface area contributed by atoms with Crippen LogP contribution in [0.1, 0.15) is 29.2 Å². The topological polar surface area (TPSA) is 106 Å². The van der Waals surface area contributed by atoms with Crippen LogP contribution in [0.2, 0.25) is 0 Å². The minimum Gasteiger partial charge on any atom is -0.481 e. The molecule has 0 radical (unpaired) electrons. The van der Waals surface area contributed by atoms with Crippen molar-refractivity contribution >= 4 is 23.8 Å². The highest BCUT2D eigenvalue weighted by molar-refractivity contribution is 7.98. The van der Waals surface area contributed by atoms with Crippen LogP contribution in [0, 0.1) is 0 Å². The molecule has 2 amide bonds. The summed E-state index contributed by atoms with van der Waals surface area (Å²) in [6.45, 7) is 0.863. The van der Waals surface area contributed by atoms with Crippen LogP contribution in [0.3, 0.4) is 0 Å². The number of thioether (sulfide) groups is 1. The van der Waals surface area contributed by atoms with Crippen molar-refractivity contribution in [3.63, 3.8) is 0 Å². The summed E-state index contributed by atoms with van der Waals surface area (Å²) in [4.78, 5) is 24.5. The number of carbonyl (C=O) groups excluding carboxylic acids is 1. The summed E-state index contributed by atoms with van der Waals surface area (Å²) in [6, 6.07) is 23.6. The monoisotopic (exact) mass is 522 g/mol. The number of amides is 2. The number of urea groups is 1. The zero-order valence-corrected chi connectivity index (χ0v) is 21.1. The average molecular weight is 523 g/mol. The number of carbonyl (C=O) groups is 2. The van der Waals surface area contributed by atoms with Gasteiger partial charge in [-0.2, -0.15) is 11.8 Å². The van der Waals surface area contributed by atoms with E-state index in [4.69, 9.17) is 14.2 Å². The van der Waals surface area contributed by atoms with Gasteiger partial charge in [-0.15, -0.1) is 0 Å². The number of carboxylic acid groups (broad SMARTS) is 1. The van der Waals surface area contributed by atoms with E-state index in [0.717, 1.165) is 11.3 Å². The van der Waals surface area contributed by atoms with Crippen molar-refractivity contribution in [2.75, 3.05) is 19.2 Å². The van der Waals surface area contributed by atoms with Crippen LogP contribution in [-0.4, -0.2) is 42.3 Å². The van der Waals surface area contributed by atoms with Crippen LogP contribution in [0.15, 0.2) is 78.9 Å². The fourth-order valence-electron chi connectivity index (χ4n) is 3.86. The molecule has 1 aliphatic heterocycles. The lowest BCUT2D eigenvalue weighted by Crippen LogP contribution is -2.46. The molecule has 0 aliphatic carbocycles. The van der Waals surface area contributed by atoms with Gasteiger partial charge in [-0.05, 0) is 28.8 Å². The van der Waals surface area contributed by atoms with Crippen molar-refractivity contribution in [3.8, 4) is 11.5 Å². The minimum absolute atomic E-state index is 0.113. The molecule has 1 aliphatic rings. The second-order valence-electron chi connectivity index (χ2n) is 8.58. The van der Waals surface area contributed by atoms with Gasteiger partial charge in [-0.1, -0.05) is 66.7 Å². The van der Waals surface area contributed by atoms with E-state index in [9.17, 15) is 14.7 Å². The Hall–Kier alpha value is -3.69. The highest BCUT2D eigenvalue weighted by atomic mass is 32.2. The van der Waals surface area contributed by atoms with E-state index in [1.54, 1.807) is 30.0 Å². The Kier molecular flexibility index (Phi) is 9.67. The van der Waals surface area contributed by atoms with Gasteiger partial charge in [-0.3, -0.25) is 4.79 Å². The molecule has 9 heteroatoms. The molecule has 4 rings (SSSR count). The van der Waals surface area contributed by atoms with E-state index in [-0.39, 0.29) is 19.3 Å². The Bertz CT molecular complexity index is 1120. The van der Waals surface area contributed by atoms with E-state index in [2.05, 4.69) is 22.8 Å². The summed E-state index contributed by atoms with van der Waals surface area (Å²) in [5.74, 6) is 1.53. The predicted molar refractivity (Wildman–Crippen MR) is 142 cm³/mol. The molecule has 0 bridgehead atoms. The average Bonchev–Trinajstić information content (AvgIpc) is 3.37. The van der Waals surface area contributed by atoms with E-state index >= 15 is 0 Å². The maximum atomic E-state index is 13.0. The van der Waals surface area contributed by atoms with Gasteiger partial charge in [0.2, 0.25) is 6.79 Å². The number of rotatable bonds is 13. The van der Waals surface area contributed by atoms with E-state index < -0.39 is 18.0 Å². The zero-order chi connectivity index (χ0) is 25.9. The summed E-state index contributed by atoms with van der Waals surface area (Å²) < 4.78 is 16.7. The van der Waals surface area contributed by atoms with Gasteiger partial charge in [0.25, 0.3) is 0 Å². The highest BCUT2D eigenvalue weighted by Crippen LogP contribution is 2.34. The number of carboxylic acids is 1. The standard InChI is InChI=1S/C28H30N2O6S/c31-27(32)14-24(22-11-12-25-26(13-22)36-19-35-25)30-28(33)29-23(16-34-15-20-7-3-1-4-8-20)18-37-17-21-9-5-2-6-10-21/h1-13,23-24H,14-19H2,(H,31,32)(H2,29,30,33). The van der Waals surface area contributed by atoms with Gasteiger partial charge >= 0.3 is 12.0 Å². The fourth-order valence-corrected chi connectivity index (χ4v) is 4.87. The molecule has 8 nitrogen and oxygen atoms in total. The predicted octanol–water partition coefficient (Wildman–Crippen LogP) is 4.75. The van der Waals surface area contributed by atoms with Crippen molar-refractivity contribution in [1.82, 2.24) is 10.6 Å². The molecule has 0 fully saturated rings. The van der Waals surface area contributed by atoms with Gasteiger partial charge < -0.3 is 30.0 Å². The molecule has 194 valence electrons. The number of nitrogens with one attached hydrogen (secondary N) is 2. The van der Waals surface area contributed by atoms with Crippen molar-refractivity contribution in [3.05, 3.63) is 95.6 Å². The molecular formula is C28H30N2O6S. The molecule has 2 unspecified atom stereocenters. The zero-order valence-electron chi connectivity index (χ0n) is 20.3. The number of hydrogen-bond donors (Lipinski definition) is 3. The van der Waals surface area contributed by atoms with Crippen LogP contribution in [-0.2, 0) is 21.9 Å². The van der Waals surface area contributed by atoms with Gasteiger partial charge in [0.15, 0.2) is 11.5 Å². The summed E-state index contributed by atoms with van der Waals surface area (Å²) >= 11 is 1.70. The number of ether oxygens (including phenoxy) is 3. The minimum atomic E-state index is -1.02. The molecule has 2 atom stereocenters. The molecule has 0 aromatic heterocycles. The van der Waals surface area contributed by atoms with Gasteiger partial charge in [-0.25, -0.2) is 4.79 Å². The molecular weight excluding hydrogens is 492 g/mol.